The van der Waals surface area contributed by atoms with Crippen LogP contribution in [-0.4, -0.2) is 11.3 Å². The molecular weight excluding hydrogens is 195 g/mol. The molecular formula is CH4KNO4Zn. The average molecular weight is 199 g/mol. The minimum atomic E-state index is -1.93. The van der Waals surface area contributed by atoms with E-state index in [1.807, 2.05) is 0 Å². The zero-order chi connectivity index (χ0) is 4.62. The van der Waals surface area contributed by atoms with E-state index in [1.54, 1.807) is 0 Å². The summed E-state index contributed by atoms with van der Waals surface area (Å²) in [5.41, 5.74) is 0. The second-order valence-electron chi connectivity index (χ2n) is 0.808. The van der Waals surface area contributed by atoms with Gasteiger partial charge < -0.3 is 6.53 Å². The second-order valence-corrected chi connectivity index (χ2v) is 0.808. The van der Waals surface area contributed by atoms with Crippen molar-refractivity contribution in [3.63, 3.8) is 0 Å². The first-order valence-corrected chi connectivity index (χ1v) is 1.24. The minimum Gasteiger partial charge on any atom is -1.00 e. The van der Waals surface area contributed by atoms with E-state index >= 15 is 0 Å². The Bertz CT molecular complexity index is 71.6. The number of hydrogen-bond donors (Lipinski definition) is 2. The topological polar surface area (TPSA) is 80.5 Å². The summed E-state index contributed by atoms with van der Waals surface area (Å²) in [6.07, 6.45) is -1.93. The quantitative estimate of drug-likeness (QED) is 0.146. The third-order valence-corrected chi connectivity index (χ3v) is 0.375. The summed E-state index contributed by atoms with van der Waals surface area (Å²) in [5.74, 6) is 4.37. The summed E-state index contributed by atoms with van der Waals surface area (Å²) < 4.78 is 0. The van der Waals surface area contributed by atoms with Gasteiger partial charge in [0.15, 0.2) is 0 Å². The van der Waals surface area contributed by atoms with Gasteiger partial charge in [-0.05, 0) is 0 Å². The van der Waals surface area contributed by atoms with E-state index in [2.05, 4.69) is 20.5 Å². The Morgan fingerprint density at radius 3 is 2.00 bits per heavy atom. The SMILES string of the molecule is NOC1(O)OO1.[H-].[K+].[Zn]. The first-order valence-electron chi connectivity index (χ1n) is 1.24. The van der Waals surface area contributed by atoms with Crippen molar-refractivity contribution in [1.29, 1.82) is 0 Å². The number of hydrogen-bond acceptors (Lipinski definition) is 5. The third kappa shape index (κ3) is 3.97. The Labute approximate surface area is 102 Å². The molecule has 1 heterocycles. The zero-order valence-corrected chi connectivity index (χ0v) is 10.5. The Kier molecular flexibility index (Phi) is 7.64. The van der Waals surface area contributed by atoms with Gasteiger partial charge in [-0.3, -0.25) is 0 Å². The van der Waals surface area contributed by atoms with Gasteiger partial charge in [-0.1, -0.05) is 0 Å². The van der Waals surface area contributed by atoms with E-state index in [0.717, 1.165) is 0 Å². The van der Waals surface area contributed by atoms with Crippen LogP contribution >= 0.6 is 0 Å². The largest absolute Gasteiger partial charge is 1.00 e. The number of nitrogens with two attached hydrogens (primary N) is 1. The fraction of sp³-hybridized carbons (Fsp3) is 1.00. The molecule has 1 saturated heterocycles. The van der Waals surface area contributed by atoms with Gasteiger partial charge in [0.05, 0.1) is 0 Å². The van der Waals surface area contributed by atoms with Crippen molar-refractivity contribution in [1.82, 2.24) is 0 Å². The molecule has 0 atom stereocenters. The van der Waals surface area contributed by atoms with Crippen LogP contribution in [0.25, 0.3) is 0 Å². The van der Waals surface area contributed by atoms with Crippen LogP contribution < -0.4 is 57.3 Å². The maximum absolute atomic E-state index is 8.15. The molecule has 0 bridgehead atoms. The molecule has 40 valence electrons. The molecule has 1 aliphatic heterocycles. The molecule has 7 heteroatoms. The molecule has 0 spiro atoms. The molecule has 0 saturated carbocycles. The minimum absolute atomic E-state index is 0. The Morgan fingerprint density at radius 1 is 1.62 bits per heavy atom. The molecule has 0 aromatic heterocycles. The summed E-state index contributed by atoms with van der Waals surface area (Å²) >= 11 is 0. The van der Waals surface area contributed by atoms with Gasteiger partial charge >= 0.3 is 57.5 Å². The van der Waals surface area contributed by atoms with Gasteiger partial charge in [-0.15, -0.1) is 9.78 Å². The van der Waals surface area contributed by atoms with Crippen LogP contribution in [0.3, 0.4) is 0 Å². The monoisotopic (exact) mass is 197 g/mol. The van der Waals surface area contributed by atoms with Gasteiger partial charge in [-0.2, -0.15) is 0 Å². The maximum Gasteiger partial charge on any atom is 1.00 e. The normalized spacial score (nSPS) is 20.2. The van der Waals surface area contributed by atoms with E-state index in [4.69, 9.17) is 5.11 Å². The van der Waals surface area contributed by atoms with E-state index < -0.39 is 6.16 Å². The van der Waals surface area contributed by atoms with Crippen molar-refractivity contribution in [3.05, 3.63) is 0 Å². The summed E-state index contributed by atoms with van der Waals surface area (Å²) in [6.45, 7) is 0. The zero-order valence-electron chi connectivity index (χ0n) is 5.46. The number of aliphatic hydroxyl groups is 1. The van der Waals surface area contributed by atoms with Crippen LogP contribution in [0, 0.1) is 0 Å². The van der Waals surface area contributed by atoms with Gasteiger partial charge in [0.25, 0.3) is 0 Å². The van der Waals surface area contributed by atoms with Crippen LogP contribution in [0.2, 0.25) is 0 Å². The average Bonchev–Trinajstić information content (AvgIpc) is 2.22. The van der Waals surface area contributed by atoms with Crippen molar-refractivity contribution in [2.45, 2.75) is 6.16 Å². The summed E-state index contributed by atoms with van der Waals surface area (Å²) in [7, 11) is 0. The summed E-state index contributed by atoms with van der Waals surface area (Å²) in [6, 6.07) is 0. The fourth-order valence-corrected chi connectivity index (χ4v) is 0.0749. The van der Waals surface area contributed by atoms with Gasteiger partial charge in [-0.25, -0.2) is 10.7 Å². The molecule has 0 radical (unpaired) electrons. The fourth-order valence-electron chi connectivity index (χ4n) is 0.0749. The van der Waals surface area contributed by atoms with Crippen molar-refractivity contribution in [2.24, 2.45) is 5.90 Å². The first-order chi connectivity index (χ1) is 2.77. The molecule has 0 aromatic carbocycles. The van der Waals surface area contributed by atoms with Gasteiger partial charge in [0.1, 0.15) is 0 Å². The Morgan fingerprint density at radius 2 is 2.00 bits per heavy atom. The van der Waals surface area contributed by atoms with Gasteiger partial charge in [0, 0.05) is 19.5 Å². The Balaban J connectivity index is -0.000000120. The molecule has 0 aliphatic carbocycles. The molecule has 0 unspecified atom stereocenters. The van der Waals surface area contributed by atoms with E-state index in [9.17, 15) is 0 Å². The number of rotatable bonds is 1. The molecule has 1 aliphatic rings. The van der Waals surface area contributed by atoms with Crippen LogP contribution in [0.5, 0.6) is 0 Å². The maximum atomic E-state index is 8.15. The van der Waals surface area contributed by atoms with Crippen LogP contribution in [0.4, 0.5) is 0 Å². The predicted molar refractivity (Wildman–Crippen MR) is 13.5 cm³/mol. The third-order valence-electron chi connectivity index (χ3n) is 0.375. The van der Waals surface area contributed by atoms with Crippen molar-refractivity contribution < 1.29 is 92.0 Å². The Hall–Kier alpha value is 2.06. The molecule has 5 nitrogen and oxygen atoms in total. The molecule has 1 rings (SSSR count). The predicted octanol–water partition coefficient (Wildman–Crippen LogP) is -4.44. The molecule has 8 heavy (non-hydrogen) atoms. The second kappa shape index (κ2) is 4.81. The molecule has 3 N–H and O–H groups in total. The van der Waals surface area contributed by atoms with Gasteiger partial charge in [0.2, 0.25) is 0 Å². The van der Waals surface area contributed by atoms with Crippen LogP contribution in [0.1, 0.15) is 1.43 Å². The van der Waals surface area contributed by atoms with E-state index in [0.29, 0.717) is 0 Å². The van der Waals surface area contributed by atoms with E-state index in [1.165, 1.54) is 0 Å². The molecule has 1 fully saturated rings. The molecule has 0 amide bonds. The smallest absolute Gasteiger partial charge is 1.00 e. The van der Waals surface area contributed by atoms with Crippen LogP contribution in [0.15, 0.2) is 0 Å². The van der Waals surface area contributed by atoms with Crippen LogP contribution in [-0.2, 0) is 34.1 Å². The van der Waals surface area contributed by atoms with Crippen molar-refractivity contribution in [2.75, 3.05) is 0 Å². The molecule has 0 aromatic rings. The summed E-state index contributed by atoms with van der Waals surface area (Å²) in [5, 5.41) is 8.15. The first kappa shape index (κ1) is 12.7. The standard InChI is InChI=1S/CH3NO4.K.Zn.H/c2-4-1(3)5-6-1;;;/h3H,2H2;;;/q;+1;;-1. The van der Waals surface area contributed by atoms with Crippen molar-refractivity contribution >= 4 is 0 Å². The summed E-state index contributed by atoms with van der Waals surface area (Å²) in [4.78, 5) is 11.2. The van der Waals surface area contributed by atoms with Crippen molar-refractivity contribution in [3.8, 4) is 0 Å². The van der Waals surface area contributed by atoms with E-state index in [-0.39, 0.29) is 72.3 Å².